The first-order valence-electron chi connectivity index (χ1n) is 13.0. The molecule has 2 unspecified atom stereocenters. The average molecular weight is 480 g/mol. The highest BCUT2D eigenvalue weighted by molar-refractivity contribution is 6.06. The van der Waals surface area contributed by atoms with Crippen LogP contribution in [0.2, 0.25) is 0 Å². The van der Waals surface area contributed by atoms with Gasteiger partial charge in [0.1, 0.15) is 0 Å². The lowest BCUT2D eigenvalue weighted by atomic mass is 9.78. The van der Waals surface area contributed by atoms with Crippen molar-refractivity contribution in [3.63, 3.8) is 0 Å². The van der Waals surface area contributed by atoms with E-state index in [1.807, 2.05) is 41.3 Å². The number of carbonyl (C=O) groups is 2. The molecule has 36 heavy (non-hydrogen) atoms. The second kappa shape index (κ2) is 10.5. The van der Waals surface area contributed by atoms with E-state index in [0.29, 0.717) is 24.8 Å². The summed E-state index contributed by atoms with van der Waals surface area (Å²) in [7, 11) is 0. The first-order valence-corrected chi connectivity index (χ1v) is 13.0. The summed E-state index contributed by atoms with van der Waals surface area (Å²) in [6.07, 6.45) is 7.98. The quantitative estimate of drug-likeness (QED) is 0.392. The highest BCUT2D eigenvalue weighted by atomic mass is 16.2. The van der Waals surface area contributed by atoms with Gasteiger partial charge in [-0.3, -0.25) is 19.5 Å². The fourth-order valence-electron chi connectivity index (χ4n) is 5.44. The van der Waals surface area contributed by atoms with Crippen LogP contribution >= 0.6 is 0 Å². The monoisotopic (exact) mass is 479 g/mol. The number of carbonyl (C=O) groups excluding carboxylic acids is 2. The third-order valence-corrected chi connectivity index (χ3v) is 7.30. The minimum Gasteiger partial charge on any atom is -0.357 e. The number of hydrogen-bond donors (Lipinski definition) is 1. The van der Waals surface area contributed by atoms with Gasteiger partial charge in [0, 0.05) is 36.5 Å². The van der Waals surface area contributed by atoms with Gasteiger partial charge < -0.3 is 5.32 Å². The molecule has 1 N–H and O–H groups in total. The first-order chi connectivity index (χ1) is 17.6. The lowest BCUT2D eigenvalue weighted by molar-refractivity contribution is -0.119. The minimum atomic E-state index is -0.509. The van der Waals surface area contributed by atoms with Crippen LogP contribution in [0.5, 0.6) is 0 Å². The Morgan fingerprint density at radius 3 is 2.56 bits per heavy atom. The number of nitrogens with zero attached hydrogens (tertiary/aromatic N) is 2. The Kier molecular flexibility index (Phi) is 6.99. The number of nitrogens with one attached hydrogen (secondary N) is 1. The highest BCUT2D eigenvalue weighted by Crippen LogP contribution is 2.47. The molecule has 2 atom stereocenters. The summed E-state index contributed by atoms with van der Waals surface area (Å²) < 4.78 is 0. The van der Waals surface area contributed by atoms with E-state index in [4.69, 9.17) is 0 Å². The average Bonchev–Trinajstić information content (AvgIpc) is 3.04. The van der Waals surface area contributed by atoms with Crippen molar-refractivity contribution in [2.75, 3.05) is 10.2 Å². The van der Waals surface area contributed by atoms with E-state index < -0.39 is 6.04 Å². The molecule has 5 heteroatoms. The van der Waals surface area contributed by atoms with Crippen LogP contribution in [0.3, 0.4) is 0 Å². The van der Waals surface area contributed by atoms with E-state index in [-0.39, 0.29) is 17.6 Å². The van der Waals surface area contributed by atoms with E-state index in [2.05, 4.69) is 48.4 Å². The third kappa shape index (κ3) is 4.70. The molecular weight excluding hydrogens is 446 g/mol. The van der Waals surface area contributed by atoms with Crippen molar-refractivity contribution in [2.45, 2.75) is 64.3 Å². The number of hydrogen-bond acceptors (Lipinski definition) is 4. The topological polar surface area (TPSA) is 62.3 Å². The Labute approximate surface area is 213 Å². The largest absolute Gasteiger partial charge is 0.357 e. The molecule has 0 saturated carbocycles. The molecule has 0 saturated heterocycles. The van der Waals surface area contributed by atoms with Gasteiger partial charge >= 0.3 is 0 Å². The number of amides is 1. The lowest BCUT2D eigenvalue weighted by Crippen LogP contribution is -2.38. The number of anilines is 2. The number of Topliss-reactive ketones (excluding diaryl/α,β-unsaturated/α-hetero) is 1. The number of aryl methyl sites for hydroxylation is 1. The number of allylic oxidation sites excluding steroid dienone is 1. The van der Waals surface area contributed by atoms with Crippen LogP contribution in [0.4, 0.5) is 11.4 Å². The van der Waals surface area contributed by atoms with Gasteiger partial charge in [-0.25, -0.2) is 0 Å². The third-order valence-electron chi connectivity index (χ3n) is 7.30. The van der Waals surface area contributed by atoms with E-state index in [0.717, 1.165) is 41.9 Å². The van der Waals surface area contributed by atoms with Gasteiger partial charge in [-0.15, -0.1) is 0 Å². The number of para-hydroxylation sites is 2. The molecular formula is C31H33N3O2. The predicted octanol–water partition coefficient (Wildman–Crippen LogP) is 6.87. The Morgan fingerprint density at radius 2 is 1.81 bits per heavy atom. The standard InChI is InChI=1S/C31H33N3O2/c1-3-4-5-12-29(36)34-27-11-7-6-10-25(27)33-26-18-24(22-15-13-21(2)14-16-22)19-28(35)30(26)31(34)23-9-8-17-32-20-23/h6-11,13-17,20,24,31,33H,3-5,12,18-19H2,1-2H3. The fourth-order valence-corrected chi connectivity index (χ4v) is 5.44. The van der Waals surface area contributed by atoms with Crippen LogP contribution in [0.15, 0.2) is 84.3 Å². The minimum absolute atomic E-state index is 0.0359. The number of fused-ring (bicyclic) bond motifs is 1. The Balaban J connectivity index is 1.64. The van der Waals surface area contributed by atoms with Gasteiger partial charge in [-0.2, -0.15) is 0 Å². The zero-order valence-electron chi connectivity index (χ0n) is 21.0. The first kappa shape index (κ1) is 24.0. The number of unbranched alkanes of at least 4 members (excludes halogenated alkanes) is 2. The van der Waals surface area contributed by atoms with Gasteiger partial charge in [0.25, 0.3) is 0 Å². The van der Waals surface area contributed by atoms with Crippen LogP contribution in [0.25, 0.3) is 0 Å². The maximum absolute atomic E-state index is 13.9. The van der Waals surface area contributed by atoms with Gasteiger partial charge in [-0.05, 0) is 55.0 Å². The summed E-state index contributed by atoms with van der Waals surface area (Å²) in [5, 5.41) is 3.60. The molecule has 1 aliphatic carbocycles. The molecule has 2 aliphatic rings. The van der Waals surface area contributed by atoms with Crippen molar-refractivity contribution in [1.82, 2.24) is 4.98 Å². The summed E-state index contributed by atoms with van der Waals surface area (Å²) in [5.41, 5.74) is 6.49. The predicted molar refractivity (Wildman–Crippen MR) is 144 cm³/mol. The van der Waals surface area contributed by atoms with Crippen LogP contribution in [0.1, 0.15) is 74.1 Å². The molecule has 2 heterocycles. The van der Waals surface area contributed by atoms with Crippen LogP contribution in [-0.4, -0.2) is 16.7 Å². The Hall–Kier alpha value is -3.73. The summed E-state index contributed by atoms with van der Waals surface area (Å²) in [4.78, 5) is 34.0. The van der Waals surface area contributed by atoms with Gasteiger partial charge in [0.2, 0.25) is 5.91 Å². The number of rotatable bonds is 6. The van der Waals surface area contributed by atoms with Crippen LogP contribution in [0, 0.1) is 6.92 Å². The van der Waals surface area contributed by atoms with Crippen LogP contribution < -0.4 is 10.2 Å². The maximum Gasteiger partial charge on any atom is 0.227 e. The normalized spacial score (nSPS) is 19.3. The fraction of sp³-hybridized carbons (Fsp3) is 0.323. The van der Waals surface area contributed by atoms with Crippen molar-refractivity contribution < 1.29 is 9.59 Å². The lowest BCUT2D eigenvalue weighted by Gasteiger charge is -2.35. The zero-order valence-corrected chi connectivity index (χ0v) is 21.0. The van der Waals surface area contributed by atoms with Crippen molar-refractivity contribution in [1.29, 1.82) is 0 Å². The molecule has 0 fully saturated rings. The molecule has 184 valence electrons. The van der Waals surface area contributed by atoms with Gasteiger partial charge in [0.05, 0.1) is 17.4 Å². The van der Waals surface area contributed by atoms with Crippen molar-refractivity contribution >= 4 is 23.1 Å². The van der Waals surface area contributed by atoms with Gasteiger partial charge in [0.15, 0.2) is 5.78 Å². The molecule has 0 bridgehead atoms. The number of benzene rings is 2. The van der Waals surface area contributed by atoms with Gasteiger partial charge in [-0.1, -0.05) is 67.8 Å². The molecule has 2 aromatic carbocycles. The summed E-state index contributed by atoms with van der Waals surface area (Å²) in [6, 6.07) is 19.7. The molecule has 5 rings (SSSR count). The molecule has 0 radical (unpaired) electrons. The number of aromatic nitrogens is 1. The smallest absolute Gasteiger partial charge is 0.227 e. The zero-order chi connectivity index (χ0) is 25.1. The maximum atomic E-state index is 13.9. The second-order valence-corrected chi connectivity index (χ2v) is 9.88. The van der Waals surface area contributed by atoms with E-state index in [9.17, 15) is 9.59 Å². The SMILES string of the molecule is CCCCCC(=O)N1c2ccccc2NC2=C(C(=O)CC(c3ccc(C)cc3)C2)C1c1cccnc1. The summed E-state index contributed by atoms with van der Waals surface area (Å²) >= 11 is 0. The summed E-state index contributed by atoms with van der Waals surface area (Å²) in [6.45, 7) is 4.21. The van der Waals surface area contributed by atoms with Crippen molar-refractivity contribution in [3.8, 4) is 0 Å². The Morgan fingerprint density at radius 1 is 1.00 bits per heavy atom. The van der Waals surface area contributed by atoms with Crippen LogP contribution in [-0.2, 0) is 9.59 Å². The van der Waals surface area contributed by atoms with Crippen molar-refractivity contribution in [3.05, 3.63) is 101 Å². The van der Waals surface area contributed by atoms with E-state index in [1.54, 1.807) is 12.4 Å². The van der Waals surface area contributed by atoms with E-state index in [1.165, 1.54) is 11.1 Å². The van der Waals surface area contributed by atoms with Crippen molar-refractivity contribution in [2.24, 2.45) is 0 Å². The molecule has 1 aromatic heterocycles. The Bertz CT molecular complexity index is 1280. The molecule has 0 spiro atoms. The van der Waals surface area contributed by atoms with E-state index >= 15 is 0 Å². The number of ketones is 1. The molecule has 1 amide bonds. The molecule has 5 nitrogen and oxygen atoms in total. The number of pyridine rings is 1. The molecule has 3 aromatic rings. The summed E-state index contributed by atoms with van der Waals surface area (Å²) in [5.74, 6) is 0.217. The second-order valence-electron chi connectivity index (χ2n) is 9.88. The highest BCUT2D eigenvalue weighted by Gasteiger charge is 2.41. The molecule has 1 aliphatic heterocycles.